The first kappa shape index (κ1) is 12.6. The number of carboxylic acid groups (broad SMARTS) is 1. The van der Waals surface area contributed by atoms with Crippen LogP contribution >= 0.6 is 25.3 Å². The van der Waals surface area contributed by atoms with Gasteiger partial charge in [0.05, 0.1) is 6.61 Å². The van der Waals surface area contributed by atoms with Crippen LogP contribution in [0.2, 0.25) is 0 Å². The van der Waals surface area contributed by atoms with Crippen LogP contribution in [0.4, 0.5) is 0 Å². The Kier molecular flexibility index (Phi) is 5.98. The summed E-state index contributed by atoms with van der Waals surface area (Å²) in [7, 11) is 0. The highest BCUT2D eigenvalue weighted by Crippen LogP contribution is 2.11. The molecule has 0 rings (SSSR count). The Bertz CT molecular complexity index is 195. The van der Waals surface area contributed by atoms with E-state index in [2.05, 4.69) is 30.0 Å². The molecule has 0 heterocycles. The zero-order valence-corrected chi connectivity index (χ0v) is 8.92. The Morgan fingerprint density at radius 1 is 1.38 bits per heavy atom. The number of thiol groups is 2. The number of carbonyl (C=O) groups excluding carboxylic acids is 1. The smallest absolute Gasteiger partial charge is 0.318 e. The zero-order chi connectivity index (χ0) is 10.4. The van der Waals surface area contributed by atoms with E-state index in [9.17, 15) is 9.59 Å². The van der Waals surface area contributed by atoms with Crippen molar-refractivity contribution in [3.8, 4) is 0 Å². The van der Waals surface area contributed by atoms with Gasteiger partial charge in [0.1, 0.15) is 10.5 Å². The Labute approximate surface area is 87.5 Å². The zero-order valence-electron chi connectivity index (χ0n) is 7.14. The molecule has 0 saturated heterocycles. The van der Waals surface area contributed by atoms with Crippen LogP contribution in [0.25, 0.3) is 0 Å². The van der Waals surface area contributed by atoms with Gasteiger partial charge in [0.2, 0.25) is 0 Å². The molecule has 0 aliphatic heterocycles. The first-order valence-electron chi connectivity index (χ1n) is 3.74. The molecule has 0 aromatic carbocycles. The number of esters is 1. The minimum Gasteiger partial charge on any atom is -0.480 e. The van der Waals surface area contributed by atoms with E-state index in [0.29, 0.717) is 0 Å². The van der Waals surface area contributed by atoms with Gasteiger partial charge in [-0.1, -0.05) is 0 Å². The Hall–Kier alpha value is -0.360. The van der Waals surface area contributed by atoms with Crippen LogP contribution < -0.4 is 0 Å². The number of ether oxygens (including phenoxy) is 1. The van der Waals surface area contributed by atoms with E-state index in [1.807, 2.05) is 0 Å². The van der Waals surface area contributed by atoms with Crippen molar-refractivity contribution in [1.82, 2.24) is 0 Å². The fourth-order valence-electron chi connectivity index (χ4n) is 0.647. The van der Waals surface area contributed by atoms with Crippen molar-refractivity contribution in [2.24, 2.45) is 0 Å². The lowest BCUT2D eigenvalue weighted by molar-refractivity contribution is -0.142. The van der Waals surface area contributed by atoms with Crippen LogP contribution in [0, 0.1) is 0 Å². The SMILES string of the molecule is CCOC(=O)C(S)CC(S)C(=O)O. The first-order valence-corrected chi connectivity index (χ1v) is 4.77. The van der Waals surface area contributed by atoms with Gasteiger partial charge in [-0.2, -0.15) is 25.3 Å². The largest absolute Gasteiger partial charge is 0.480 e. The number of carbonyl (C=O) groups is 2. The molecule has 0 saturated carbocycles. The van der Waals surface area contributed by atoms with Crippen LogP contribution in [0.15, 0.2) is 0 Å². The van der Waals surface area contributed by atoms with Gasteiger partial charge < -0.3 is 9.84 Å². The molecule has 0 aliphatic carbocycles. The molecule has 0 aromatic heterocycles. The van der Waals surface area contributed by atoms with Crippen LogP contribution in [0.3, 0.4) is 0 Å². The average Bonchev–Trinajstić information content (AvgIpc) is 2.04. The van der Waals surface area contributed by atoms with Crippen LogP contribution in [0.1, 0.15) is 13.3 Å². The molecule has 0 spiro atoms. The maximum Gasteiger partial charge on any atom is 0.318 e. The molecule has 2 atom stereocenters. The highest BCUT2D eigenvalue weighted by molar-refractivity contribution is 7.82. The highest BCUT2D eigenvalue weighted by Gasteiger charge is 2.22. The summed E-state index contributed by atoms with van der Waals surface area (Å²) in [6.45, 7) is 1.94. The number of carboxylic acids is 1. The topological polar surface area (TPSA) is 63.6 Å². The third-order valence-electron chi connectivity index (χ3n) is 1.29. The molecule has 13 heavy (non-hydrogen) atoms. The summed E-state index contributed by atoms with van der Waals surface area (Å²) in [5, 5.41) is 6.87. The number of hydrogen-bond acceptors (Lipinski definition) is 5. The lowest BCUT2D eigenvalue weighted by atomic mass is 10.2. The third kappa shape index (κ3) is 5.05. The second-order valence-electron chi connectivity index (χ2n) is 2.36. The second kappa shape index (κ2) is 6.15. The van der Waals surface area contributed by atoms with Gasteiger partial charge in [-0.05, 0) is 13.3 Å². The summed E-state index contributed by atoms with van der Waals surface area (Å²) in [6.07, 6.45) is 0.0559. The molecule has 6 heteroatoms. The molecule has 2 unspecified atom stereocenters. The maximum atomic E-state index is 11.0. The van der Waals surface area contributed by atoms with Gasteiger partial charge >= 0.3 is 11.9 Å². The molecule has 4 nitrogen and oxygen atoms in total. The predicted molar refractivity (Wildman–Crippen MR) is 54.4 cm³/mol. The summed E-state index contributed by atoms with van der Waals surface area (Å²) >= 11 is 7.68. The van der Waals surface area contributed by atoms with Gasteiger partial charge in [-0.15, -0.1) is 0 Å². The monoisotopic (exact) mass is 224 g/mol. The van der Waals surface area contributed by atoms with Crippen molar-refractivity contribution in [3.05, 3.63) is 0 Å². The molecule has 76 valence electrons. The van der Waals surface area contributed by atoms with Crippen molar-refractivity contribution in [2.75, 3.05) is 6.61 Å². The molecule has 0 fully saturated rings. The summed E-state index contributed by atoms with van der Waals surface area (Å²) in [6, 6.07) is 0. The fourth-order valence-corrected chi connectivity index (χ4v) is 1.31. The average molecular weight is 224 g/mol. The molecule has 0 amide bonds. The Morgan fingerprint density at radius 3 is 2.31 bits per heavy atom. The van der Waals surface area contributed by atoms with Crippen LogP contribution in [-0.2, 0) is 14.3 Å². The second-order valence-corrected chi connectivity index (χ2v) is 3.60. The van der Waals surface area contributed by atoms with Gasteiger partial charge in [0, 0.05) is 0 Å². The van der Waals surface area contributed by atoms with Crippen molar-refractivity contribution in [3.63, 3.8) is 0 Å². The Balaban J connectivity index is 3.92. The first-order chi connectivity index (χ1) is 5.99. The molecular formula is C7H12O4S2. The van der Waals surface area contributed by atoms with Gasteiger partial charge in [-0.3, -0.25) is 9.59 Å². The van der Waals surface area contributed by atoms with E-state index in [1.54, 1.807) is 6.92 Å². The van der Waals surface area contributed by atoms with Crippen molar-refractivity contribution in [1.29, 1.82) is 0 Å². The van der Waals surface area contributed by atoms with Crippen LogP contribution in [0.5, 0.6) is 0 Å². The van der Waals surface area contributed by atoms with Crippen LogP contribution in [-0.4, -0.2) is 34.2 Å². The number of hydrogen-bond donors (Lipinski definition) is 3. The normalized spacial score (nSPS) is 14.7. The quantitative estimate of drug-likeness (QED) is 0.473. The predicted octanol–water partition coefficient (Wildman–Crippen LogP) is 0.621. The van der Waals surface area contributed by atoms with E-state index in [4.69, 9.17) is 5.11 Å². The van der Waals surface area contributed by atoms with E-state index in [0.717, 1.165) is 0 Å². The van der Waals surface area contributed by atoms with E-state index in [-0.39, 0.29) is 13.0 Å². The van der Waals surface area contributed by atoms with Gasteiger partial charge in [-0.25, -0.2) is 0 Å². The number of aliphatic carboxylic acids is 1. The van der Waals surface area contributed by atoms with Crippen molar-refractivity contribution >= 4 is 37.2 Å². The molecular weight excluding hydrogens is 212 g/mol. The molecule has 1 N–H and O–H groups in total. The minimum atomic E-state index is -1.06. The molecule has 0 aliphatic rings. The summed E-state index contributed by atoms with van der Waals surface area (Å²) < 4.78 is 4.64. The molecule has 0 radical (unpaired) electrons. The highest BCUT2D eigenvalue weighted by atomic mass is 32.1. The van der Waals surface area contributed by atoms with E-state index >= 15 is 0 Å². The fraction of sp³-hybridized carbons (Fsp3) is 0.714. The van der Waals surface area contributed by atoms with Gasteiger partial charge in [0.15, 0.2) is 0 Å². The standard InChI is InChI=1S/C7H12O4S2/c1-2-11-7(10)5(13)3-4(12)6(8)9/h4-5,12-13H,2-3H2,1H3,(H,8,9). The molecule has 0 aromatic rings. The van der Waals surface area contributed by atoms with Crippen molar-refractivity contribution < 1.29 is 19.4 Å². The Morgan fingerprint density at radius 2 is 1.92 bits per heavy atom. The summed E-state index contributed by atoms with van der Waals surface area (Å²) in [5.41, 5.74) is 0. The van der Waals surface area contributed by atoms with E-state index < -0.39 is 22.4 Å². The minimum absolute atomic E-state index is 0.0559. The lowest BCUT2D eigenvalue weighted by Crippen LogP contribution is -2.25. The lowest BCUT2D eigenvalue weighted by Gasteiger charge is -2.11. The number of rotatable bonds is 5. The van der Waals surface area contributed by atoms with E-state index in [1.165, 1.54) is 0 Å². The maximum absolute atomic E-state index is 11.0. The molecule has 0 bridgehead atoms. The van der Waals surface area contributed by atoms with Gasteiger partial charge in [0.25, 0.3) is 0 Å². The van der Waals surface area contributed by atoms with Crippen molar-refractivity contribution in [2.45, 2.75) is 23.8 Å². The summed E-state index contributed by atoms with van der Waals surface area (Å²) in [5.74, 6) is -1.57. The third-order valence-corrected chi connectivity index (χ3v) is 2.14. The summed E-state index contributed by atoms with van der Waals surface area (Å²) in [4.78, 5) is 21.3.